The number of carbonyl (C=O) groups excluding carboxylic acids is 5. The molecule has 0 radical (unpaired) electrons. The lowest BCUT2D eigenvalue weighted by Crippen LogP contribution is -2.66. The Morgan fingerprint density at radius 3 is 1.01 bits per heavy atom. The maximum absolute atomic E-state index is 14.6. The molecule has 11 saturated carbocycles. The van der Waals surface area contributed by atoms with Gasteiger partial charge in [0.25, 0.3) is 0 Å². The molecule has 39 atom stereocenters. The highest BCUT2D eigenvalue weighted by atomic mass is 16.7. The van der Waals surface area contributed by atoms with Gasteiger partial charge in [-0.15, -0.1) is 0 Å². The highest BCUT2D eigenvalue weighted by Crippen LogP contribution is 2.80. The van der Waals surface area contributed by atoms with Crippen LogP contribution in [0.3, 0.4) is 0 Å². The van der Waals surface area contributed by atoms with Crippen LogP contribution in [0.2, 0.25) is 0 Å². The summed E-state index contributed by atoms with van der Waals surface area (Å²) in [6, 6.07) is 0. The molecule has 15 rings (SSSR count). The zero-order valence-electron chi connectivity index (χ0n) is 84.7. The van der Waals surface area contributed by atoms with E-state index in [0.717, 1.165) is 96.3 Å². The lowest BCUT2D eigenvalue weighted by molar-refractivity contribution is -0.333. The molecule has 0 bridgehead atoms. The number of aliphatic hydroxyl groups excluding tert-OH is 12. The number of carbonyl (C=O) groups is 5. The van der Waals surface area contributed by atoms with Gasteiger partial charge in [0.1, 0.15) is 108 Å². The molecular formula is C108H174O24. The molecule has 13 N–H and O–H groups in total. The van der Waals surface area contributed by atoms with Crippen molar-refractivity contribution >= 4 is 28.9 Å². The van der Waals surface area contributed by atoms with Gasteiger partial charge in [-0.3, -0.25) is 24.0 Å². The Labute approximate surface area is 788 Å². The van der Waals surface area contributed by atoms with Crippen LogP contribution in [0.15, 0.2) is 46.8 Å². The first-order valence-electron chi connectivity index (χ1n) is 51.0. The van der Waals surface area contributed by atoms with Crippen molar-refractivity contribution in [2.75, 3.05) is 19.8 Å². The highest BCUT2D eigenvalue weighted by molar-refractivity contribution is 5.88. The van der Waals surface area contributed by atoms with E-state index in [2.05, 4.69) is 142 Å². The third kappa shape index (κ3) is 17.2. The van der Waals surface area contributed by atoms with Gasteiger partial charge in [0.05, 0.1) is 36.6 Å². The van der Waals surface area contributed by atoms with Crippen LogP contribution in [0, 0.1) is 136 Å². The van der Waals surface area contributed by atoms with Crippen molar-refractivity contribution in [1.82, 2.24) is 0 Å². The van der Waals surface area contributed by atoms with Crippen molar-refractivity contribution in [3.63, 3.8) is 0 Å². The van der Waals surface area contributed by atoms with Crippen molar-refractivity contribution in [2.24, 2.45) is 136 Å². The van der Waals surface area contributed by atoms with Gasteiger partial charge >= 0.3 is 0 Å². The third-order valence-corrected chi connectivity index (χ3v) is 42.0. The van der Waals surface area contributed by atoms with Gasteiger partial charge < -0.3 is 94.8 Å². The Balaban J connectivity index is 0.000000168. The van der Waals surface area contributed by atoms with Gasteiger partial charge in [-0.05, 0) is 305 Å². The second-order valence-corrected chi connectivity index (χ2v) is 50.5. The van der Waals surface area contributed by atoms with Gasteiger partial charge in [-0.1, -0.05) is 139 Å². The normalized spacial score (nSPS) is 48.1. The summed E-state index contributed by atoms with van der Waals surface area (Å²) in [4.78, 5) is 69.6. The van der Waals surface area contributed by atoms with E-state index >= 15 is 0 Å². The van der Waals surface area contributed by atoms with Crippen molar-refractivity contribution in [3.05, 3.63) is 46.8 Å². The van der Waals surface area contributed by atoms with Crippen LogP contribution in [-0.2, 0) is 52.4 Å². The summed E-state index contributed by atoms with van der Waals surface area (Å²) in [5.41, 5.74) is -1.45. The second kappa shape index (κ2) is 37.4. The quantitative estimate of drug-likeness (QED) is 0.0475. The highest BCUT2D eigenvalue weighted by Gasteiger charge is 2.77. The lowest BCUT2D eigenvalue weighted by atomic mass is 9.35. The SMILES string of the molecule is CC(C)=CCC[C@](C)(O)C1CC[C@]2(C)C1C(=O)CC1[C@@]3(C)CC=C(O[C@@H]4OC(CO)[C@@H](O)[C@H](O)C4O)C(C)(C)C3CC[C@]12C.CC(C)=CCC[C@](C)(O[C@@H]1OC(CO)[C@@H](O)[C@H](O)C1O)C1CC[C@]2(C)C1C(=O)CC1[C@@]3(C)CCC(=O)C(C)(C)C3CC[C@]12C.CC(C)=CCC[C@](C)(O[C@@H]1OC(CO)[C@@H](O)[C@H](O)C1O)C1CC[C@]2(C)C1C(=O)CC1[C@@]3(C)CCC(=O)C(C)(C)C3CC[C@]12C. The number of allylic oxidation sites excluding steroid dienone is 8. The monoisotopic (exact) mass is 1860 g/mol. The number of ether oxygens (including phenoxy) is 6. The van der Waals surface area contributed by atoms with Crippen LogP contribution in [0.1, 0.15) is 333 Å². The van der Waals surface area contributed by atoms with Crippen molar-refractivity contribution in [1.29, 1.82) is 0 Å². The number of hydrogen-bond donors (Lipinski definition) is 13. The van der Waals surface area contributed by atoms with E-state index < -0.39 is 134 Å². The summed E-state index contributed by atoms with van der Waals surface area (Å²) in [5.74, 6) is 2.68. The minimum atomic E-state index is -1.53. The Morgan fingerprint density at radius 2 is 0.667 bits per heavy atom. The van der Waals surface area contributed by atoms with E-state index in [1.54, 1.807) is 0 Å². The maximum atomic E-state index is 14.6. The molecule has 750 valence electrons. The molecule has 0 aromatic heterocycles. The molecular weight excluding hydrogens is 1680 g/mol. The van der Waals surface area contributed by atoms with E-state index in [9.17, 15) is 90.4 Å². The minimum absolute atomic E-state index is 0.0323. The molecule has 3 saturated heterocycles. The molecule has 0 aromatic rings. The smallest absolute Gasteiger partial charge is 0.228 e. The van der Waals surface area contributed by atoms with Gasteiger partial charge in [0.15, 0.2) is 12.6 Å². The average molecular weight is 1860 g/mol. The molecule has 14 fully saturated rings. The van der Waals surface area contributed by atoms with Crippen molar-refractivity contribution in [2.45, 2.75) is 442 Å². The number of aliphatic hydroxyl groups is 13. The molecule has 15 aliphatic rings. The Morgan fingerprint density at radius 1 is 0.371 bits per heavy atom. The van der Waals surface area contributed by atoms with Gasteiger partial charge in [-0.2, -0.15) is 0 Å². The molecule has 12 aliphatic carbocycles. The summed E-state index contributed by atoms with van der Waals surface area (Å²) >= 11 is 0. The van der Waals surface area contributed by atoms with Crippen LogP contribution < -0.4 is 0 Å². The molecule has 0 amide bonds. The van der Waals surface area contributed by atoms with Crippen LogP contribution in [-0.4, -0.2) is 224 Å². The zero-order valence-corrected chi connectivity index (χ0v) is 84.7. The van der Waals surface area contributed by atoms with Gasteiger partial charge in [-0.25, -0.2) is 0 Å². The van der Waals surface area contributed by atoms with E-state index in [-0.39, 0.29) is 142 Å². The summed E-state index contributed by atoms with van der Waals surface area (Å²) in [6.45, 7) is 50.9. The fourth-order valence-corrected chi connectivity index (χ4v) is 33.7. The summed E-state index contributed by atoms with van der Waals surface area (Å²) in [7, 11) is 0. The number of rotatable bonds is 21. The first-order chi connectivity index (χ1) is 61.1. The number of ketones is 5. The van der Waals surface area contributed by atoms with E-state index in [0.29, 0.717) is 93.7 Å². The van der Waals surface area contributed by atoms with E-state index in [1.807, 2.05) is 48.5 Å². The number of Topliss-reactive ketones (excluding diaryl/α,β-unsaturated/α-hetero) is 5. The Hall–Kier alpha value is -3.61. The van der Waals surface area contributed by atoms with E-state index in [1.165, 1.54) is 16.7 Å². The summed E-state index contributed by atoms with van der Waals surface area (Å²) < 4.78 is 37.1. The predicted molar refractivity (Wildman–Crippen MR) is 500 cm³/mol. The largest absolute Gasteiger partial charge is 0.466 e. The van der Waals surface area contributed by atoms with Crippen LogP contribution in [0.5, 0.6) is 0 Å². The first kappa shape index (κ1) is 106. The molecule has 24 heteroatoms. The van der Waals surface area contributed by atoms with Gasteiger partial charge in [0, 0.05) is 66.1 Å². The van der Waals surface area contributed by atoms with Crippen LogP contribution in [0.4, 0.5) is 0 Å². The molecule has 18 unspecified atom stereocenters. The fraction of sp³-hybridized carbons (Fsp3) is 0.880. The molecule has 0 aromatic carbocycles. The molecule has 24 nitrogen and oxygen atoms in total. The standard InChI is InChI=1S/3C36H58O8/c1-20(2)10-9-14-36(8,42)21-11-16-35(7)27(21)22(38)18-25-33(5)15-13-26(32(3,4)24(33)12-17-34(25,35)6)44-31-30(41)29(40)28(39)23(19-37)43-31;2*1-20(2)10-9-14-36(8,44-31-30(42)29(41)28(40)23(19-37)43-31)21-11-16-35(7)27(21)22(38)18-25-33(5)15-13-26(39)32(3,4)24(33)12-17-34(25,35)6/h10,13,21,23-25,27-31,37,39-42H,9,11-12,14-19H2,1-8H3;2*10,21,23-25,27-31,37,40-42H,9,11-19H2,1-8H3/t3*21?,23?,24?,25?,27?,28-,29+,30?,31+,33+,34-,35-,36+/m111/s1. The topological polar surface area (TPSA) is 404 Å². The molecule has 3 aliphatic heterocycles. The maximum Gasteiger partial charge on any atom is 0.228 e. The fourth-order valence-electron chi connectivity index (χ4n) is 33.7. The van der Waals surface area contributed by atoms with Crippen LogP contribution >= 0.6 is 0 Å². The molecule has 3 heterocycles. The molecule has 132 heavy (non-hydrogen) atoms. The summed E-state index contributed by atoms with van der Waals surface area (Å²) in [6.07, 6.45) is 8.60. The van der Waals surface area contributed by atoms with Crippen molar-refractivity contribution in [3.8, 4) is 0 Å². The average Bonchev–Trinajstić information content (AvgIpc) is 1.42. The Kier molecular flexibility index (Phi) is 29.9. The van der Waals surface area contributed by atoms with E-state index in [4.69, 9.17) is 28.4 Å². The number of hydrogen-bond acceptors (Lipinski definition) is 24. The lowest BCUT2D eigenvalue weighted by Gasteiger charge is -2.68. The minimum Gasteiger partial charge on any atom is -0.466 e. The summed E-state index contributed by atoms with van der Waals surface area (Å²) in [5, 5.41) is 136. The predicted octanol–water partition coefficient (Wildman–Crippen LogP) is 14.1. The first-order valence-corrected chi connectivity index (χ1v) is 51.0. The second-order valence-electron chi connectivity index (χ2n) is 50.5. The van der Waals surface area contributed by atoms with Gasteiger partial charge in [0.2, 0.25) is 6.29 Å². The molecule has 0 spiro atoms. The van der Waals surface area contributed by atoms with Crippen molar-refractivity contribution < 1.29 is 119 Å². The van der Waals surface area contributed by atoms with Crippen LogP contribution in [0.25, 0.3) is 0 Å². The zero-order chi connectivity index (χ0) is 97.9. The Bertz CT molecular complexity index is 4160. The number of fused-ring (bicyclic) bond motifs is 15. The third-order valence-electron chi connectivity index (χ3n) is 42.0.